The molecular weight excluding hydrogens is 182 g/mol. The van der Waals surface area contributed by atoms with Gasteiger partial charge in [-0.25, -0.2) is 9.67 Å². The minimum Gasteiger partial charge on any atom is -0.382 e. The molecule has 2 rings (SSSR count). The maximum atomic E-state index is 11.3. The van der Waals surface area contributed by atoms with Crippen LogP contribution in [-0.4, -0.2) is 19.7 Å². The van der Waals surface area contributed by atoms with Gasteiger partial charge in [-0.15, -0.1) is 5.10 Å². The van der Waals surface area contributed by atoms with Crippen molar-refractivity contribution in [3.05, 3.63) is 34.5 Å². The summed E-state index contributed by atoms with van der Waals surface area (Å²) in [7, 11) is 0. The average Bonchev–Trinajstić information content (AvgIpc) is 2.48. The van der Waals surface area contributed by atoms with Gasteiger partial charge in [-0.3, -0.25) is 4.79 Å². The van der Waals surface area contributed by atoms with Crippen molar-refractivity contribution < 1.29 is 0 Å². The van der Waals surface area contributed by atoms with E-state index in [1.807, 2.05) is 6.92 Å². The number of H-pyrrole nitrogens is 1. The lowest BCUT2D eigenvalue weighted by Gasteiger charge is -1.95. The minimum absolute atomic E-state index is 0.215. The molecule has 0 saturated heterocycles. The van der Waals surface area contributed by atoms with Gasteiger partial charge in [0.2, 0.25) is 5.82 Å². The van der Waals surface area contributed by atoms with E-state index in [4.69, 9.17) is 5.73 Å². The van der Waals surface area contributed by atoms with Crippen molar-refractivity contribution in [3.63, 3.8) is 0 Å². The number of aryl methyl sites for hydroxylation is 1. The van der Waals surface area contributed by atoms with Crippen LogP contribution in [0.25, 0.3) is 5.82 Å². The summed E-state index contributed by atoms with van der Waals surface area (Å²) in [4.78, 5) is 17.7. The quantitative estimate of drug-likeness (QED) is 0.655. The van der Waals surface area contributed by atoms with Crippen molar-refractivity contribution in [1.29, 1.82) is 0 Å². The Kier molecular flexibility index (Phi) is 1.81. The zero-order chi connectivity index (χ0) is 10.1. The summed E-state index contributed by atoms with van der Waals surface area (Å²) in [5.41, 5.74) is 6.07. The van der Waals surface area contributed by atoms with E-state index in [9.17, 15) is 4.79 Å². The first-order chi connectivity index (χ1) is 6.68. The second-order valence-electron chi connectivity index (χ2n) is 2.88. The predicted molar refractivity (Wildman–Crippen MR) is 51.1 cm³/mol. The van der Waals surface area contributed by atoms with Crippen LogP contribution in [0.4, 0.5) is 5.82 Å². The second kappa shape index (κ2) is 2.99. The number of aromatic amines is 1. The third-order valence-corrected chi connectivity index (χ3v) is 1.84. The molecule has 0 bridgehead atoms. The number of rotatable bonds is 1. The van der Waals surface area contributed by atoms with Crippen molar-refractivity contribution in [2.24, 2.45) is 0 Å². The smallest absolute Gasteiger partial charge is 0.293 e. The Morgan fingerprint density at radius 2 is 2.36 bits per heavy atom. The first kappa shape index (κ1) is 8.49. The molecule has 14 heavy (non-hydrogen) atoms. The van der Waals surface area contributed by atoms with Crippen molar-refractivity contribution in [2.75, 3.05) is 5.73 Å². The van der Waals surface area contributed by atoms with Crippen molar-refractivity contribution in [2.45, 2.75) is 6.92 Å². The zero-order valence-electron chi connectivity index (χ0n) is 7.56. The summed E-state index contributed by atoms with van der Waals surface area (Å²) in [5, 5.41) is 3.95. The van der Waals surface area contributed by atoms with Gasteiger partial charge >= 0.3 is 0 Å². The Labute approximate surface area is 79.4 Å². The molecule has 0 unspecified atom stereocenters. The first-order valence-electron chi connectivity index (χ1n) is 4.04. The van der Waals surface area contributed by atoms with E-state index in [1.165, 1.54) is 17.1 Å². The summed E-state index contributed by atoms with van der Waals surface area (Å²) in [6, 6.07) is 0. The maximum Gasteiger partial charge on any atom is 0.293 e. The molecule has 2 aromatic rings. The monoisotopic (exact) mass is 191 g/mol. The van der Waals surface area contributed by atoms with E-state index in [-0.39, 0.29) is 11.4 Å². The topological polar surface area (TPSA) is 89.6 Å². The molecule has 0 fully saturated rings. The zero-order valence-corrected chi connectivity index (χ0v) is 7.56. The number of nitrogens with one attached hydrogen (secondary N) is 1. The number of anilines is 1. The van der Waals surface area contributed by atoms with Gasteiger partial charge in [0.05, 0.1) is 0 Å². The number of nitrogen functional groups attached to an aromatic ring is 1. The van der Waals surface area contributed by atoms with Gasteiger partial charge < -0.3 is 10.7 Å². The lowest BCUT2D eigenvalue weighted by molar-refractivity contribution is 0.828. The average molecular weight is 191 g/mol. The van der Waals surface area contributed by atoms with Crippen molar-refractivity contribution >= 4 is 5.82 Å². The van der Waals surface area contributed by atoms with Crippen LogP contribution in [0, 0.1) is 6.92 Å². The van der Waals surface area contributed by atoms with Gasteiger partial charge in [-0.2, -0.15) is 0 Å². The Morgan fingerprint density at radius 1 is 1.57 bits per heavy atom. The summed E-state index contributed by atoms with van der Waals surface area (Å²) >= 11 is 0. The van der Waals surface area contributed by atoms with Crippen LogP contribution >= 0.6 is 0 Å². The molecule has 0 saturated carbocycles. The van der Waals surface area contributed by atoms with Crippen LogP contribution in [0.5, 0.6) is 0 Å². The van der Waals surface area contributed by atoms with Crippen LogP contribution in [0.1, 0.15) is 5.56 Å². The Morgan fingerprint density at radius 3 is 2.93 bits per heavy atom. The van der Waals surface area contributed by atoms with Gasteiger partial charge in [0.15, 0.2) is 0 Å². The van der Waals surface area contributed by atoms with E-state index < -0.39 is 0 Å². The summed E-state index contributed by atoms with van der Waals surface area (Å²) < 4.78 is 1.36. The molecule has 2 heterocycles. The van der Waals surface area contributed by atoms with E-state index in [1.54, 1.807) is 6.20 Å². The molecule has 6 heteroatoms. The molecular formula is C8H9N5O. The van der Waals surface area contributed by atoms with Crippen LogP contribution < -0.4 is 11.3 Å². The van der Waals surface area contributed by atoms with Crippen molar-refractivity contribution in [1.82, 2.24) is 19.7 Å². The van der Waals surface area contributed by atoms with Gasteiger partial charge in [0.25, 0.3) is 5.56 Å². The van der Waals surface area contributed by atoms with E-state index in [0.717, 1.165) is 5.56 Å². The highest BCUT2D eigenvalue weighted by Crippen LogP contribution is 2.07. The van der Waals surface area contributed by atoms with Crippen LogP contribution in [0.2, 0.25) is 0 Å². The highest BCUT2D eigenvalue weighted by Gasteiger charge is 2.06. The summed E-state index contributed by atoms with van der Waals surface area (Å²) in [6.45, 7) is 1.82. The van der Waals surface area contributed by atoms with Crippen molar-refractivity contribution in [3.8, 4) is 5.82 Å². The molecule has 2 aromatic heterocycles. The minimum atomic E-state index is -0.296. The fourth-order valence-electron chi connectivity index (χ4n) is 1.09. The molecule has 72 valence electrons. The molecule has 0 radical (unpaired) electrons. The molecule has 0 aliphatic heterocycles. The third-order valence-electron chi connectivity index (χ3n) is 1.84. The second-order valence-corrected chi connectivity index (χ2v) is 2.88. The number of hydrogen-bond donors (Lipinski definition) is 2. The van der Waals surface area contributed by atoms with Gasteiger partial charge in [0.1, 0.15) is 5.82 Å². The Balaban J connectivity index is 2.61. The first-order valence-corrected chi connectivity index (χ1v) is 4.04. The highest BCUT2D eigenvalue weighted by atomic mass is 16.1. The van der Waals surface area contributed by atoms with E-state index in [0.29, 0.717) is 5.82 Å². The molecule has 0 aromatic carbocycles. The number of hydrogen-bond acceptors (Lipinski definition) is 4. The Bertz CT molecular complexity index is 493. The molecule has 0 aliphatic carbocycles. The summed E-state index contributed by atoms with van der Waals surface area (Å²) in [5.74, 6) is 0.613. The molecule has 3 N–H and O–H groups in total. The lowest BCUT2D eigenvalue weighted by atomic mass is 10.4. The molecule has 0 amide bonds. The van der Waals surface area contributed by atoms with Crippen LogP contribution in [0.3, 0.4) is 0 Å². The van der Waals surface area contributed by atoms with Gasteiger partial charge in [-0.05, 0) is 6.92 Å². The number of nitrogens with zero attached hydrogens (tertiary/aromatic N) is 3. The van der Waals surface area contributed by atoms with Crippen LogP contribution in [-0.2, 0) is 0 Å². The molecule has 0 aliphatic rings. The fourth-order valence-corrected chi connectivity index (χ4v) is 1.09. The maximum absolute atomic E-state index is 11.3. The number of aromatic nitrogens is 4. The lowest BCUT2D eigenvalue weighted by Crippen LogP contribution is -2.16. The van der Waals surface area contributed by atoms with Gasteiger partial charge in [0, 0.05) is 24.2 Å². The van der Waals surface area contributed by atoms with E-state index >= 15 is 0 Å². The van der Waals surface area contributed by atoms with E-state index in [2.05, 4.69) is 15.1 Å². The summed E-state index contributed by atoms with van der Waals surface area (Å²) in [6.07, 6.45) is 4.61. The largest absolute Gasteiger partial charge is 0.382 e. The predicted octanol–water partition coefficient (Wildman–Crippen LogP) is -0.154. The molecule has 0 spiro atoms. The normalized spacial score (nSPS) is 10.4. The fraction of sp³-hybridized carbons (Fsp3) is 0.125. The standard InChI is InChI=1S/C8H9N5O/c1-5-4-13(12-6(5)9)7-8(14)11-3-2-10-7/h2-4H,1H3,(H2,9,12)(H,11,14). The number of nitrogens with two attached hydrogens (primary N) is 1. The van der Waals surface area contributed by atoms with Crippen LogP contribution in [0.15, 0.2) is 23.4 Å². The Hall–Kier alpha value is -2.11. The van der Waals surface area contributed by atoms with Gasteiger partial charge in [-0.1, -0.05) is 0 Å². The highest BCUT2D eigenvalue weighted by molar-refractivity contribution is 5.38. The SMILES string of the molecule is Cc1cn(-c2ncc[nH]c2=O)nc1N. The molecule has 6 nitrogen and oxygen atoms in total. The third kappa shape index (κ3) is 1.26. The molecule has 0 atom stereocenters.